The predicted molar refractivity (Wildman–Crippen MR) is 160 cm³/mol. The molecule has 0 aliphatic heterocycles. The molecule has 0 bridgehead atoms. The van der Waals surface area contributed by atoms with Gasteiger partial charge in [0.1, 0.15) is 0 Å². The van der Waals surface area contributed by atoms with Crippen molar-refractivity contribution in [3.05, 3.63) is 0 Å². The maximum atomic E-state index is 9.93. The number of ether oxygens (including phenoxy) is 2. The van der Waals surface area contributed by atoms with Gasteiger partial charge in [-0.1, -0.05) is 142 Å². The molecule has 0 amide bonds. The van der Waals surface area contributed by atoms with Gasteiger partial charge in [0.05, 0.1) is 19.8 Å². The summed E-state index contributed by atoms with van der Waals surface area (Å²) in [4.78, 5) is 0. The van der Waals surface area contributed by atoms with Crippen molar-refractivity contribution >= 4 is 0 Å². The highest BCUT2D eigenvalue weighted by molar-refractivity contribution is 4.77. The van der Waals surface area contributed by atoms with E-state index < -0.39 is 5.41 Å². The van der Waals surface area contributed by atoms with Crippen LogP contribution in [-0.4, -0.2) is 49.9 Å². The average Bonchev–Trinajstić information content (AvgIpc) is 2.92. The summed E-state index contributed by atoms with van der Waals surface area (Å²) in [5.41, 5.74) is -0.470. The molecule has 0 aromatic carbocycles. The fourth-order valence-corrected chi connectivity index (χ4v) is 5.03. The summed E-state index contributed by atoms with van der Waals surface area (Å²) < 4.78 is 11.7. The standard InChI is InChI=1S/C33H68O4/c1-3-5-7-9-10-11-12-13-14-16-21-25-29-37-32-33(30-34,31-35)26-22-18-15-17-20-24-28-36-27-23-19-8-6-4-2/h34-35H,3-32H2,1-2H3. The number of aliphatic hydroxyl groups is 2. The maximum absolute atomic E-state index is 9.93. The Morgan fingerprint density at radius 1 is 0.405 bits per heavy atom. The zero-order valence-electron chi connectivity index (χ0n) is 25.4. The summed E-state index contributed by atoms with van der Waals surface area (Å²) in [5.74, 6) is 0. The molecule has 224 valence electrons. The molecule has 0 atom stereocenters. The Morgan fingerprint density at radius 2 is 0.730 bits per heavy atom. The van der Waals surface area contributed by atoms with Gasteiger partial charge in [-0.15, -0.1) is 0 Å². The SMILES string of the molecule is CCCCCCCCCCCCCCOCC(CO)(CO)CCCCCCCCOCCCCCCC. The molecule has 0 unspecified atom stereocenters. The lowest BCUT2D eigenvalue weighted by molar-refractivity contribution is -0.0347. The normalized spacial score (nSPS) is 12.0. The summed E-state index contributed by atoms with van der Waals surface area (Å²) in [6.07, 6.45) is 30.6. The predicted octanol–water partition coefficient (Wildman–Crippen LogP) is 9.39. The van der Waals surface area contributed by atoms with E-state index in [1.807, 2.05) is 0 Å². The molecule has 0 aromatic rings. The molecule has 0 spiro atoms. The molecular formula is C33H68O4. The van der Waals surface area contributed by atoms with Crippen LogP contribution in [0.5, 0.6) is 0 Å². The molecule has 0 aliphatic carbocycles. The Bertz CT molecular complexity index is 377. The third-order valence-corrected chi connectivity index (χ3v) is 7.86. The fourth-order valence-electron chi connectivity index (χ4n) is 5.03. The van der Waals surface area contributed by atoms with Gasteiger partial charge in [0, 0.05) is 25.2 Å². The molecule has 4 heteroatoms. The minimum absolute atomic E-state index is 0.0116. The summed E-state index contributed by atoms with van der Waals surface area (Å²) >= 11 is 0. The van der Waals surface area contributed by atoms with Crippen molar-refractivity contribution in [3.63, 3.8) is 0 Å². The van der Waals surface area contributed by atoms with Crippen LogP contribution in [0.15, 0.2) is 0 Å². The molecule has 0 aliphatic rings. The number of unbranched alkanes of at least 4 members (excludes halogenated alkanes) is 20. The highest BCUT2D eigenvalue weighted by Crippen LogP contribution is 2.25. The number of aliphatic hydroxyl groups excluding tert-OH is 2. The second kappa shape index (κ2) is 30.4. The van der Waals surface area contributed by atoms with Gasteiger partial charge in [0.2, 0.25) is 0 Å². The van der Waals surface area contributed by atoms with Gasteiger partial charge < -0.3 is 19.7 Å². The Kier molecular flexibility index (Phi) is 30.3. The largest absolute Gasteiger partial charge is 0.396 e. The first kappa shape index (κ1) is 36.8. The fraction of sp³-hybridized carbons (Fsp3) is 1.00. The minimum Gasteiger partial charge on any atom is -0.396 e. The van der Waals surface area contributed by atoms with Crippen LogP contribution >= 0.6 is 0 Å². The van der Waals surface area contributed by atoms with Crippen molar-refractivity contribution in [2.24, 2.45) is 5.41 Å². The average molecular weight is 529 g/mol. The lowest BCUT2D eigenvalue weighted by Gasteiger charge is -2.29. The molecule has 0 radical (unpaired) electrons. The first-order valence-electron chi connectivity index (χ1n) is 16.6. The second-order valence-electron chi connectivity index (χ2n) is 11.7. The van der Waals surface area contributed by atoms with E-state index in [9.17, 15) is 10.2 Å². The maximum Gasteiger partial charge on any atom is 0.0566 e. The molecule has 0 aromatic heterocycles. The molecule has 0 saturated carbocycles. The quantitative estimate of drug-likeness (QED) is 0.0854. The lowest BCUT2D eigenvalue weighted by atomic mass is 9.85. The van der Waals surface area contributed by atoms with E-state index in [1.165, 1.54) is 135 Å². The molecule has 37 heavy (non-hydrogen) atoms. The van der Waals surface area contributed by atoms with Crippen LogP contribution in [0.3, 0.4) is 0 Å². The second-order valence-corrected chi connectivity index (χ2v) is 11.7. The first-order chi connectivity index (χ1) is 18.2. The molecule has 0 fully saturated rings. The number of rotatable bonds is 32. The van der Waals surface area contributed by atoms with Crippen LogP contribution in [0.25, 0.3) is 0 Å². The van der Waals surface area contributed by atoms with Crippen LogP contribution in [0, 0.1) is 5.41 Å². The van der Waals surface area contributed by atoms with E-state index in [2.05, 4.69) is 13.8 Å². The number of hydrogen-bond acceptors (Lipinski definition) is 4. The zero-order chi connectivity index (χ0) is 27.1. The summed E-state index contributed by atoms with van der Waals surface area (Å²) in [6.45, 7) is 7.61. The molecular weight excluding hydrogens is 460 g/mol. The van der Waals surface area contributed by atoms with Crippen LogP contribution in [0.2, 0.25) is 0 Å². The van der Waals surface area contributed by atoms with Gasteiger partial charge in [-0.25, -0.2) is 0 Å². The van der Waals surface area contributed by atoms with Gasteiger partial charge in [-0.05, 0) is 25.7 Å². The first-order valence-corrected chi connectivity index (χ1v) is 16.6. The monoisotopic (exact) mass is 529 g/mol. The van der Waals surface area contributed by atoms with Crippen LogP contribution in [0.4, 0.5) is 0 Å². The van der Waals surface area contributed by atoms with Crippen molar-refractivity contribution < 1.29 is 19.7 Å². The van der Waals surface area contributed by atoms with Crippen molar-refractivity contribution in [1.82, 2.24) is 0 Å². The van der Waals surface area contributed by atoms with Crippen molar-refractivity contribution in [3.8, 4) is 0 Å². The van der Waals surface area contributed by atoms with E-state index in [4.69, 9.17) is 9.47 Å². The molecule has 0 saturated heterocycles. The zero-order valence-corrected chi connectivity index (χ0v) is 25.4. The van der Waals surface area contributed by atoms with Gasteiger partial charge in [-0.3, -0.25) is 0 Å². The Morgan fingerprint density at radius 3 is 1.11 bits per heavy atom. The van der Waals surface area contributed by atoms with Crippen LogP contribution in [-0.2, 0) is 9.47 Å². The van der Waals surface area contributed by atoms with Crippen LogP contribution in [0.1, 0.15) is 168 Å². The highest BCUT2D eigenvalue weighted by atomic mass is 16.5. The van der Waals surface area contributed by atoms with E-state index in [0.29, 0.717) is 6.61 Å². The van der Waals surface area contributed by atoms with Gasteiger partial charge in [0.25, 0.3) is 0 Å². The summed E-state index contributed by atoms with van der Waals surface area (Å²) in [7, 11) is 0. The number of hydrogen-bond donors (Lipinski definition) is 2. The molecule has 4 nitrogen and oxygen atoms in total. The third kappa shape index (κ3) is 25.9. The van der Waals surface area contributed by atoms with E-state index in [1.54, 1.807) is 0 Å². The van der Waals surface area contributed by atoms with E-state index >= 15 is 0 Å². The Labute approximate surface area is 232 Å². The van der Waals surface area contributed by atoms with Crippen molar-refractivity contribution in [2.45, 2.75) is 168 Å². The highest BCUT2D eigenvalue weighted by Gasteiger charge is 2.28. The Balaban J connectivity index is 3.54. The molecule has 0 rings (SSSR count). The van der Waals surface area contributed by atoms with E-state index in [-0.39, 0.29) is 13.2 Å². The lowest BCUT2D eigenvalue weighted by Crippen LogP contribution is -2.35. The minimum atomic E-state index is -0.470. The smallest absolute Gasteiger partial charge is 0.0566 e. The van der Waals surface area contributed by atoms with Crippen molar-refractivity contribution in [1.29, 1.82) is 0 Å². The summed E-state index contributed by atoms with van der Waals surface area (Å²) in [5, 5.41) is 19.9. The Hall–Kier alpha value is -0.160. The van der Waals surface area contributed by atoms with Gasteiger partial charge >= 0.3 is 0 Å². The van der Waals surface area contributed by atoms with Crippen molar-refractivity contribution in [2.75, 3.05) is 39.6 Å². The molecule has 0 heterocycles. The third-order valence-electron chi connectivity index (χ3n) is 7.86. The topological polar surface area (TPSA) is 58.9 Å². The van der Waals surface area contributed by atoms with Gasteiger partial charge in [-0.2, -0.15) is 0 Å². The van der Waals surface area contributed by atoms with E-state index in [0.717, 1.165) is 39.1 Å². The molecule has 2 N–H and O–H groups in total. The summed E-state index contributed by atoms with van der Waals surface area (Å²) in [6, 6.07) is 0. The van der Waals surface area contributed by atoms with Crippen LogP contribution < -0.4 is 0 Å². The van der Waals surface area contributed by atoms with Gasteiger partial charge in [0.15, 0.2) is 0 Å².